The van der Waals surface area contributed by atoms with Gasteiger partial charge in [0.25, 0.3) is 0 Å². The fourth-order valence-corrected chi connectivity index (χ4v) is 2.86. The molecule has 0 aromatic heterocycles. The van der Waals surface area contributed by atoms with Crippen molar-refractivity contribution in [3.05, 3.63) is 30.3 Å². The van der Waals surface area contributed by atoms with Crippen LogP contribution in [0.1, 0.15) is 33.6 Å². The second-order valence-corrected chi connectivity index (χ2v) is 6.75. The van der Waals surface area contributed by atoms with Gasteiger partial charge in [-0.15, -0.1) is 0 Å². The Labute approximate surface area is 134 Å². The number of rotatable bonds is 5. The third-order valence-electron chi connectivity index (χ3n) is 4.36. The van der Waals surface area contributed by atoms with Crippen molar-refractivity contribution >= 4 is 11.6 Å². The van der Waals surface area contributed by atoms with E-state index in [0.29, 0.717) is 30.4 Å². The number of aliphatic imine (C=N–C) groups is 1. The highest BCUT2D eigenvalue weighted by Gasteiger charge is 2.18. The van der Waals surface area contributed by atoms with E-state index in [1.807, 2.05) is 18.2 Å². The van der Waals surface area contributed by atoms with Crippen LogP contribution in [0.25, 0.3) is 0 Å². The van der Waals surface area contributed by atoms with Crippen molar-refractivity contribution in [1.82, 2.24) is 4.90 Å². The van der Waals surface area contributed by atoms with Gasteiger partial charge in [0.05, 0.1) is 6.54 Å². The highest BCUT2D eigenvalue weighted by Crippen LogP contribution is 2.16. The Morgan fingerprint density at radius 2 is 2.09 bits per heavy atom. The summed E-state index contributed by atoms with van der Waals surface area (Å²) in [6.07, 6.45) is 2.52. The fourth-order valence-electron chi connectivity index (χ4n) is 2.86. The molecule has 2 rings (SSSR count). The van der Waals surface area contributed by atoms with Crippen LogP contribution < -0.4 is 11.1 Å². The topological polar surface area (TPSA) is 53.6 Å². The first-order valence-corrected chi connectivity index (χ1v) is 8.42. The Balaban J connectivity index is 1.94. The molecule has 0 aliphatic carbocycles. The van der Waals surface area contributed by atoms with E-state index in [1.165, 1.54) is 12.8 Å². The Hall–Kier alpha value is -1.71. The fraction of sp³-hybridized carbons (Fsp3) is 0.611. The summed E-state index contributed by atoms with van der Waals surface area (Å²) in [5.74, 6) is 1.91. The number of nitrogens with zero attached hydrogens (tertiary/aromatic N) is 2. The van der Waals surface area contributed by atoms with E-state index in [2.05, 4.69) is 48.1 Å². The number of anilines is 1. The molecule has 0 amide bonds. The van der Waals surface area contributed by atoms with Crippen molar-refractivity contribution in [2.24, 2.45) is 22.6 Å². The van der Waals surface area contributed by atoms with Gasteiger partial charge in [0.2, 0.25) is 0 Å². The summed E-state index contributed by atoms with van der Waals surface area (Å²) in [6.45, 7) is 9.51. The zero-order chi connectivity index (χ0) is 15.9. The van der Waals surface area contributed by atoms with E-state index >= 15 is 0 Å². The molecule has 22 heavy (non-hydrogen) atoms. The lowest BCUT2D eigenvalue weighted by molar-refractivity contribution is 0.270. The Kier molecular flexibility index (Phi) is 6.10. The minimum atomic E-state index is 0.295. The summed E-state index contributed by atoms with van der Waals surface area (Å²) in [4.78, 5) is 6.89. The normalized spacial score (nSPS) is 21.0. The van der Waals surface area contributed by atoms with Crippen molar-refractivity contribution in [2.75, 3.05) is 25.0 Å². The predicted molar refractivity (Wildman–Crippen MR) is 95.2 cm³/mol. The standard InChI is InChI=1S/C18H30N4/c1-14(2)17(21-16-9-5-4-6-10-16)12-20-18(19)22-11-7-8-15(3)13-22/h4-6,9-10,14-15,17,21H,7-8,11-13H2,1-3H3,(H2,19,20). The zero-order valence-corrected chi connectivity index (χ0v) is 14.1. The molecule has 1 aliphatic heterocycles. The molecule has 1 saturated heterocycles. The summed E-state index contributed by atoms with van der Waals surface area (Å²) in [6, 6.07) is 10.6. The van der Waals surface area contributed by atoms with Gasteiger partial charge in [-0.3, -0.25) is 4.99 Å². The van der Waals surface area contributed by atoms with E-state index in [0.717, 1.165) is 18.8 Å². The van der Waals surface area contributed by atoms with Crippen LogP contribution in [-0.4, -0.2) is 36.5 Å². The molecule has 4 heteroatoms. The van der Waals surface area contributed by atoms with Gasteiger partial charge in [0.1, 0.15) is 0 Å². The van der Waals surface area contributed by atoms with Crippen LogP contribution >= 0.6 is 0 Å². The quantitative estimate of drug-likeness (QED) is 0.649. The number of benzene rings is 1. The molecule has 2 atom stereocenters. The largest absolute Gasteiger partial charge is 0.380 e. The number of piperidine rings is 1. The van der Waals surface area contributed by atoms with Gasteiger partial charge >= 0.3 is 0 Å². The van der Waals surface area contributed by atoms with E-state index < -0.39 is 0 Å². The third kappa shape index (κ3) is 4.93. The monoisotopic (exact) mass is 302 g/mol. The molecular weight excluding hydrogens is 272 g/mol. The molecule has 1 aromatic carbocycles. The van der Waals surface area contributed by atoms with Crippen molar-refractivity contribution in [1.29, 1.82) is 0 Å². The SMILES string of the molecule is CC1CCCN(C(N)=NCC(Nc2ccccc2)C(C)C)C1. The molecule has 0 bridgehead atoms. The van der Waals surface area contributed by atoms with Crippen molar-refractivity contribution in [3.63, 3.8) is 0 Å². The number of hydrogen-bond donors (Lipinski definition) is 2. The van der Waals surface area contributed by atoms with Crippen molar-refractivity contribution in [2.45, 2.75) is 39.7 Å². The van der Waals surface area contributed by atoms with Crippen LogP contribution in [0.2, 0.25) is 0 Å². The van der Waals surface area contributed by atoms with E-state index in [9.17, 15) is 0 Å². The summed E-state index contributed by atoms with van der Waals surface area (Å²) >= 11 is 0. The molecule has 3 N–H and O–H groups in total. The molecule has 0 saturated carbocycles. The lowest BCUT2D eigenvalue weighted by Gasteiger charge is -2.32. The van der Waals surface area contributed by atoms with E-state index in [1.54, 1.807) is 0 Å². The minimum absolute atomic E-state index is 0.295. The highest BCUT2D eigenvalue weighted by molar-refractivity contribution is 5.78. The Morgan fingerprint density at radius 3 is 2.73 bits per heavy atom. The van der Waals surface area contributed by atoms with Crippen LogP contribution in [0.4, 0.5) is 5.69 Å². The summed E-state index contributed by atoms with van der Waals surface area (Å²) in [7, 11) is 0. The first-order valence-electron chi connectivity index (χ1n) is 8.42. The van der Waals surface area contributed by atoms with E-state index in [4.69, 9.17) is 5.73 Å². The maximum absolute atomic E-state index is 6.20. The number of nitrogens with two attached hydrogens (primary N) is 1. The second kappa shape index (κ2) is 8.06. The van der Waals surface area contributed by atoms with Gasteiger partial charge in [-0.2, -0.15) is 0 Å². The molecule has 0 spiro atoms. The van der Waals surface area contributed by atoms with Gasteiger partial charge < -0.3 is 16.0 Å². The van der Waals surface area contributed by atoms with Crippen LogP contribution in [0.5, 0.6) is 0 Å². The number of para-hydroxylation sites is 1. The minimum Gasteiger partial charge on any atom is -0.380 e. The first kappa shape index (κ1) is 16.7. The molecule has 2 unspecified atom stereocenters. The average molecular weight is 302 g/mol. The number of nitrogens with one attached hydrogen (secondary N) is 1. The molecule has 0 radical (unpaired) electrons. The number of hydrogen-bond acceptors (Lipinski definition) is 2. The molecule has 1 aromatic rings. The van der Waals surface area contributed by atoms with Gasteiger partial charge in [0.15, 0.2) is 5.96 Å². The smallest absolute Gasteiger partial charge is 0.191 e. The van der Waals surface area contributed by atoms with Gasteiger partial charge in [-0.1, -0.05) is 39.0 Å². The van der Waals surface area contributed by atoms with Crippen molar-refractivity contribution < 1.29 is 0 Å². The van der Waals surface area contributed by atoms with Crippen LogP contribution in [-0.2, 0) is 0 Å². The number of likely N-dealkylation sites (tertiary alicyclic amines) is 1. The van der Waals surface area contributed by atoms with Gasteiger partial charge in [0, 0.05) is 24.8 Å². The third-order valence-corrected chi connectivity index (χ3v) is 4.36. The molecular formula is C18H30N4. The zero-order valence-electron chi connectivity index (χ0n) is 14.1. The van der Waals surface area contributed by atoms with Gasteiger partial charge in [-0.05, 0) is 36.8 Å². The average Bonchev–Trinajstić information content (AvgIpc) is 2.51. The maximum Gasteiger partial charge on any atom is 0.191 e. The first-order chi connectivity index (χ1) is 10.6. The molecule has 1 heterocycles. The highest BCUT2D eigenvalue weighted by atomic mass is 15.3. The summed E-state index contributed by atoms with van der Waals surface area (Å²) in [5, 5.41) is 3.56. The summed E-state index contributed by atoms with van der Waals surface area (Å²) < 4.78 is 0. The van der Waals surface area contributed by atoms with Crippen LogP contribution in [0.15, 0.2) is 35.3 Å². The molecule has 4 nitrogen and oxygen atoms in total. The molecule has 1 fully saturated rings. The van der Waals surface area contributed by atoms with Crippen LogP contribution in [0, 0.1) is 11.8 Å². The predicted octanol–water partition coefficient (Wildman–Crippen LogP) is 3.17. The second-order valence-electron chi connectivity index (χ2n) is 6.75. The van der Waals surface area contributed by atoms with E-state index in [-0.39, 0.29) is 0 Å². The lowest BCUT2D eigenvalue weighted by atomic mass is 10.0. The van der Waals surface area contributed by atoms with Crippen LogP contribution in [0.3, 0.4) is 0 Å². The summed E-state index contributed by atoms with van der Waals surface area (Å²) in [5.41, 5.74) is 7.34. The maximum atomic E-state index is 6.20. The Bertz CT molecular complexity index is 469. The molecule has 122 valence electrons. The molecule has 1 aliphatic rings. The Morgan fingerprint density at radius 1 is 1.36 bits per heavy atom. The number of guanidine groups is 1. The van der Waals surface area contributed by atoms with Crippen molar-refractivity contribution in [3.8, 4) is 0 Å². The lowest BCUT2D eigenvalue weighted by Crippen LogP contribution is -2.44. The van der Waals surface area contributed by atoms with Gasteiger partial charge in [-0.25, -0.2) is 0 Å².